The number of aromatic nitrogens is 2. The summed E-state index contributed by atoms with van der Waals surface area (Å²) in [5.74, 6) is -0.0533. The van der Waals surface area contributed by atoms with Gasteiger partial charge in [-0.2, -0.15) is 0 Å². The summed E-state index contributed by atoms with van der Waals surface area (Å²) in [6.07, 6.45) is 1.72. The largest absolute Gasteiger partial charge is 0.315 e. The van der Waals surface area contributed by atoms with Gasteiger partial charge in [-0.1, -0.05) is 34.1 Å². The highest BCUT2D eigenvalue weighted by Gasteiger charge is 2.12. The minimum Gasteiger partial charge on any atom is -0.315 e. The second-order valence-corrected chi connectivity index (χ2v) is 6.36. The Morgan fingerprint density at radius 1 is 1.21 bits per heavy atom. The normalized spacial score (nSPS) is 10.8. The average molecular weight is 386 g/mol. The van der Waals surface area contributed by atoms with Crippen LogP contribution in [0.5, 0.6) is 0 Å². The molecule has 0 saturated carbocycles. The number of amides is 1. The maximum atomic E-state index is 12.5. The molecular weight excluding hydrogens is 370 g/mol. The molecule has 3 aromatic rings. The number of para-hydroxylation sites is 1. The van der Waals surface area contributed by atoms with Crippen LogP contribution in [0.25, 0.3) is 10.9 Å². The molecule has 0 aliphatic carbocycles. The van der Waals surface area contributed by atoms with Crippen LogP contribution < -0.4 is 10.5 Å². The van der Waals surface area contributed by atoms with Gasteiger partial charge in [0.2, 0.25) is 5.91 Å². The SMILES string of the molecule is CN(C(=O)CCn1cnc2ccc(Br)cc2c1=O)c1ccccc1. The lowest BCUT2D eigenvalue weighted by Gasteiger charge is -2.17. The monoisotopic (exact) mass is 385 g/mol. The maximum Gasteiger partial charge on any atom is 0.261 e. The van der Waals surface area contributed by atoms with E-state index in [4.69, 9.17) is 0 Å². The number of hydrogen-bond acceptors (Lipinski definition) is 3. The quantitative estimate of drug-likeness (QED) is 0.692. The molecule has 0 saturated heterocycles. The number of benzene rings is 2. The first-order chi connectivity index (χ1) is 11.6. The van der Waals surface area contributed by atoms with Crippen molar-refractivity contribution in [3.8, 4) is 0 Å². The summed E-state index contributed by atoms with van der Waals surface area (Å²) in [7, 11) is 1.73. The first-order valence-electron chi connectivity index (χ1n) is 7.52. The van der Waals surface area contributed by atoms with Crippen LogP contribution in [0.3, 0.4) is 0 Å². The summed E-state index contributed by atoms with van der Waals surface area (Å²) in [6, 6.07) is 14.8. The Kier molecular flexibility index (Phi) is 4.76. The minimum absolute atomic E-state index is 0.0533. The fraction of sp³-hybridized carbons (Fsp3) is 0.167. The Balaban J connectivity index is 1.77. The third-order valence-corrected chi connectivity index (χ3v) is 4.36. The van der Waals surface area contributed by atoms with Crippen molar-refractivity contribution in [3.63, 3.8) is 0 Å². The van der Waals surface area contributed by atoms with Gasteiger partial charge in [-0.3, -0.25) is 14.2 Å². The molecule has 6 heteroatoms. The molecule has 2 aromatic carbocycles. The predicted octanol–water partition coefficient (Wildman–Crippen LogP) is 3.21. The van der Waals surface area contributed by atoms with Crippen molar-refractivity contribution in [3.05, 3.63) is 69.7 Å². The fourth-order valence-electron chi connectivity index (χ4n) is 2.47. The van der Waals surface area contributed by atoms with E-state index in [1.54, 1.807) is 24.1 Å². The maximum absolute atomic E-state index is 12.5. The smallest absolute Gasteiger partial charge is 0.261 e. The van der Waals surface area contributed by atoms with E-state index in [0.29, 0.717) is 17.4 Å². The molecule has 0 aliphatic rings. The minimum atomic E-state index is -0.142. The van der Waals surface area contributed by atoms with Crippen molar-refractivity contribution in [2.45, 2.75) is 13.0 Å². The highest BCUT2D eigenvalue weighted by molar-refractivity contribution is 9.10. The number of carbonyl (C=O) groups is 1. The summed E-state index contributed by atoms with van der Waals surface area (Å²) >= 11 is 3.36. The molecule has 1 amide bonds. The van der Waals surface area contributed by atoms with Crippen molar-refractivity contribution in [2.75, 3.05) is 11.9 Å². The fourth-order valence-corrected chi connectivity index (χ4v) is 2.83. The molecule has 1 heterocycles. The molecule has 0 atom stereocenters. The summed E-state index contributed by atoms with van der Waals surface area (Å²) < 4.78 is 2.30. The topological polar surface area (TPSA) is 55.2 Å². The van der Waals surface area contributed by atoms with Crippen LogP contribution in [0.1, 0.15) is 6.42 Å². The Bertz CT molecular complexity index is 938. The Labute approximate surface area is 147 Å². The van der Waals surface area contributed by atoms with E-state index in [2.05, 4.69) is 20.9 Å². The highest BCUT2D eigenvalue weighted by Crippen LogP contribution is 2.15. The van der Waals surface area contributed by atoms with Crippen LogP contribution in [-0.2, 0) is 11.3 Å². The Morgan fingerprint density at radius 2 is 1.96 bits per heavy atom. The van der Waals surface area contributed by atoms with Crippen LogP contribution in [0.4, 0.5) is 5.69 Å². The van der Waals surface area contributed by atoms with Crippen molar-refractivity contribution in [1.29, 1.82) is 0 Å². The zero-order valence-electron chi connectivity index (χ0n) is 13.1. The molecule has 0 aliphatic heterocycles. The van der Waals surface area contributed by atoms with E-state index in [9.17, 15) is 9.59 Å². The predicted molar refractivity (Wildman–Crippen MR) is 98.2 cm³/mol. The van der Waals surface area contributed by atoms with Crippen molar-refractivity contribution >= 4 is 38.4 Å². The number of rotatable bonds is 4. The summed E-state index contributed by atoms with van der Waals surface area (Å²) in [6.45, 7) is 0.296. The van der Waals surface area contributed by atoms with Crippen molar-refractivity contribution < 1.29 is 4.79 Å². The number of aryl methyl sites for hydroxylation is 1. The number of nitrogens with zero attached hydrogens (tertiary/aromatic N) is 3. The molecule has 1 aromatic heterocycles. The van der Waals surface area contributed by atoms with E-state index in [-0.39, 0.29) is 17.9 Å². The van der Waals surface area contributed by atoms with E-state index in [1.807, 2.05) is 36.4 Å². The third kappa shape index (κ3) is 3.38. The van der Waals surface area contributed by atoms with Gasteiger partial charge in [-0.05, 0) is 30.3 Å². The molecule has 122 valence electrons. The first kappa shape index (κ1) is 16.4. The number of halogens is 1. The molecule has 0 spiro atoms. The molecule has 0 radical (unpaired) electrons. The van der Waals surface area contributed by atoms with Gasteiger partial charge in [0, 0.05) is 30.2 Å². The standard InChI is InChI=1S/C18H16BrN3O2/c1-21(14-5-3-2-4-6-14)17(23)9-10-22-12-20-16-8-7-13(19)11-15(16)18(22)24/h2-8,11-12H,9-10H2,1H3. The molecule has 3 rings (SSSR count). The van der Waals surface area contributed by atoms with Gasteiger partial charge in [-0.15, -0.1) is 0 Å². The number of anilines is 1. The van der Waals surface area contributed by atoms with Crippen molar-refractivity contribution in [2.24, 2.45) is 0 Å². The summed E-state index contributed by atoms with van der Waals surface area (Å²) in [4.78, 5) is 30.7. The second-order valence-electron chi connectivity index (χ2n) is 5.44. The van der Waals surface area contributed by atoms with Gasteiger partial charge in [0.25, 0.3) is 5.56 Å². The average Bonchev–Trinajstić information content (AvgIpc) is 2.61. The molecule has 0 bridgehead atoms. The third-order valence-electron chi connectivity index (χ3n) is 3.87. The number of hydrogen-bond donors (Lipinski definition) is 0. The van der Waals surface area contributed by atoms with Gasteiger partial charge < -0.3 is 4.90 Å². The molecule has 0 N–H and O–H groups in total. The lowest BCUT2D eigenvalue weighted by Crippen LogP contribution is -2.29. The van der Waals surface area contributed by atoms with Crippen LogP contribution in [0.2, 0.25) is 0 Å². The molecule has 5 nitrogen and oxygen atoms in total. The Morgan fingerprint density at radius 3 is 2.71 bits per heavy atom. The van der Waals surface area contributed by atoms with Gasteiger partial charge in [-0.25, -0.2) is 4.98 Å². The molecule has 0 unspecified atom stereocenters. The summed E-state index contributed by atoms with van der Waals surface area (Å²) in [5, 5.41) is 0.538. The van der Waals surface area contributed by atoms with Gasteiger partial charge in [0.15, 0.2) is 0 Å². The van der Waals surface area contributed by atoms with Crippen LogP contribution in [-0.4, -0.2) is 22.5 Å². The van der Waals surface area contributed by atoms with Crippen molar-refractivity contribution in [1.82, 2.24) is 9.55 Å². The lowest BCUT2D eigenvalue weighted by molar-refractivity contribution is -0.118. The van der Waals surface area contributed by atoms with Gasteiger partial charge >= 0.3 is 0 Å². The van der Waals surface area contributed by atoms with Crippen LogP contribution >= 0.6 is 15.9 Å². The Hall–Kier alpha value is -2.47. The van der Waals surface area contributed by atoms with E-state index >= 15 is 0 Å². The second kappa shape index (κ2) is 6.97. The van der Waals surface area contributed by atoms with E-state index < -0.39 is 0 Å². The highest BCUT2D eigenvalue weighted by atomic mass is 79.9. The van der Waals surface area contributed by atoms with Crippen LogP contribution in [0.15, 0.2) is 64.1 Å². The van der Waals surface area contributed by atoms with Gasteiger partial charge in [0.1, 0.15) is 0 Å². The van der Waals surface area contributed by atoms with Crippen LogP contribution in [0, 0.1) is 0 Å². The zero-order valence-corrected chi connectivity index (χ0v) is 14.7. The van der Waals surface area contributed by atoms with E-state index in [1.165, 1.54) is 10.9 Å². The molecular formula is C18H16BrN3O2. The zero-order chi connectivity index (χ0) is 17.1. The number of carbonyl (C=O) groups excluding carboxylic acids is 1. The number of fused-ring (bicyclic) bond motifs is 1. The molecule has 0 fully saturated rings. The molecule has 24 heavy (non-hydrogen) atoms. The van der Waals surface area contributed by atoms with Gasteiger partial charge in [0.05, 0.1) is 17.2 Å². The lowest BCUT2D eigenvalue weighted by atomic mass is 10.2. The summed E-state index contributed by atoms with van der Waals surface area (Å²) in [5.41, 5.74) is 1.33. The first-order valence-corrected chi connectivity index (χ1v) is 8.32. The van der Waals surface area contributed by atoms with E-state index in [0.717, 1.165) is 10.2 Å².